The molecule has 1 rings (SSSR count). The van der Waals surface area contributed by atoms with Gasteiger partial charge in [0.15, 0.2) is 0 Å². The van der Waals surface area contributed by atoms with Crippen molar-refractivity contribution in [1.29, 1.82) is 0 Å². The van der Waals surface area contributed by atoms with Crippen molar-refractivity contribution in [2.75, 3.05) is 6.17 Å². The number of hydrogen-bond donors (Lipinski definition) is 1. The number of nitrogens with one attached hydrogen (secondary N) is 1. The molecule has 1 aliphatic rings. The van der Waals surface area contributed by atoms with Gasteiger partial charge in [-0.3, -0.25) is 4.90 Å². The fourth-order valence-corrected chi connectivity index (χ4v) is 6.26. The topological polar surface area (TPSA) is 15.3 Å². The first kappa shape index (κ1) is 15.4. The van der Waals surface area contributed by atoms with Crippen molar-refractivity contribution < 1.29 is 0 Å². The van der Waals surface area contributed by atoms with Gasteiger partial charge in [-0.15, -0.1) is 0 Å². The predicted molar refractivity (Wildman–Crippen MR) is 79.7 cm³/mol. The van der Waals surface area contributed by atoms with Crippen LogP contribution >= 0.6 is 0 Å². The highest BCUT2D eigenvalue weighted by Crippen LogP contribution is 2.36. The van der Waals surface area contributed by atoms with Gasteiger partial charge in [0.2, 0.25) is 0 Å². The van der Waals surface area contributed by atoms with Crippen LogP contribution in [0.4, 0.5) is 0 Å². The number of hydrogen-bond acceptors (Lipinski definition) is 2. The standard InChI is InChI=1S/C13H29N2Si2/c1-11-8-7-9-12(2)15(11)10-17(6,14-16)13(3,4)5/h11-12,14H,7-10H2,1-6H3. The first-order valence-electron chi connectivity index (χ1n) is 6.91. The largest absolute Gasteiger partial charge is 0.362 e. The zero-order valence-corrected chi connectivity index (χ0v) is 14.4. The van der Waals surface area contributed by atoms with Gasteiger partial charge in [0.25, 0.3) is 0 Å². The third-order valence-electron chi connectivity index (χ3n) is 4.81. The zero-order chi connectivity index (χ0) is 13.3. The molecule has 2 nitrogen and oxygen atoms in total. The maximum atomic E-state index is 3.61. The van der Waals surface area contributed by atoms with E-state index in [1.54, 1.807) is 0 Å². The first-order chi connectivity index (χ1) is 7.71. The fourth-order valence-electron chi connectivity index (χ4n) is 2.62. The number of nitrogens with zero attached hydrogens (tertiary/aromatic N) is 1. The molecule has 1 fully saturated rings. The molecular formula is C13H29N2Si2. The molecule has 4 heteroatoms. The molecule has 0 aromatic carbocycles. The van der Waals surface area contributed by atoms with Crippen molar-refractivity contribution in [2.45, 2.75) is 77.6 Å². The molecule has 0 aromatic heterocycles. The number of likely N-dealkylation sites (tertiary alicyclic amines) is 1. The van der Waals surface area contributed by atoms with Gasteiger partial charge in [-0.2, -0.15) is 0 Å². The smallest absolute Gasteiger partial charge is 0.135 e. The van der Waals surface area contributed by atoms with E-state index in [1.807, 2.05) is 0 Å². The van der Waals surface area contributed by atoms with E-state index in [2.05, 4.69) is 61.1 Å². The van der Waals surface area contributed by atoms with Crippen LogP contribution in [0.3, 0.4) is 0 Å². The van der Waals surface area contributed by atoms with E-state index in [4.69, 9.17) is 0 Å². The lowest BCUT2D eigenvalue weighted by atomic mass is 9.99. The molecule has 1 aliphatic heterocycles. The summed E-state index contributed by atoms with van der Waals surface area (Å²) in [6, 6.07) is 1.49. The summed E-state index contributed by atoms with van der Waals surface area (Å²) in [5, 5.41) is 0.367. The number of rotatable bonds is 3. The van der Waals surface area contributed by atoms with Gasteiger partial charge in [0.1, 0.15) is 18.6 Å². The Labute approximate surface area is 112 Å². The van der Waals surface area contributed by atoms with E-state index in [1.165, 1.54) is 25.4 Å². The predicted octanol–water partition coefficient (Wildman–Crippen LogP) is 2.84. The Morgan fingerprint density at radius 1 is 1.24 bits per heavy atom. The van der Waals surface area contributed by atoms with E-state index in [-0.39, 0.29) is 0 Å². The van der Waals surface area contributed by atoms with Crippen molar-refractivity contribution in [2.24, 2.45) is 0 Å². The third-order valence-corrected chi connectivity index (χ3v) is 11.3. The molecule has 0 bridgehead atoms. The van der Waals surface area contributed by atoms with Gasteiger partial charge < -0.3 is 4.65 Å². The fraction of sp³-hybridized carbons (Fsp3) is 1.00. The first-order valence-corrected chi connectivity index (χ1v) is 10.1. The van der Waals surface area contributed by atoms with Crippen molar-refractivity contribution in [3.8, 4) is 0 Å². The average molecular weight is 270 g/mol. The Morgan fingerprint density at radius 3 is 2.06 bits per heavy atom. The zero-order valence-electron chi connectivity index (χ0n) is 12.4. The third kappa shape index (κ3) is 3.43. The molecule has 0 spiro atoms. The highest BCUT2D eigenvalue weighted by molar-refractivity contribution is 6.82. The minimum atomic E-state index is -1.51. The van der Waals surface area contributed by atoms with Crippen LogP contribution in [0.15, 0.2) is 0 Å². The second-order valence-electron chi connectivity index (χ2n) is 7.01. The highest BCUT2D eigenvalue weighted by Gasteiger charge is 2.42. The summed E-state index contributed by atoms with van der Waals surface area (Å²) in [5.74, 6) is 0. The van der Waals surface area contributed by atoms with E-state index in [0.717, 1.165) is 12.1 Å². The van der Waals surface area contributed by atoms with Crippen LogP contribution in [0.25, 0.3) is 0 Å². The SMILES string of the molecule is CC1CCCC(C)N1C[Si](C)(N[Si])C(C)(C)C. The van der Waals surface area contributed by atoms with Crippen LogP contribution in [0.1, 0.15) is 53.9 Å². The minimum absolute atomic E-state index is 0.367. The minimum Gasteiger partial charge on any atom is -0.362 e. The lowest BCUT2D eigenvalue weighted by molar-refractivity contribution is 0.122. The Balaban J connectivity index is 2.79. The van der Waals surface area contributed by atoms with Crippen molar-refractivity contribution in [1.82, 2.24) is 9.55 Å². The molecule has 0 aliphatic carbocycles. The molecule has 17 heavy (non-hydrogen) atoms. The second kappa shape index (κ2) is 5.55. The summed E-state index contributed by atoms with van der Waals surface area (Å²) in [5.41, 5.74) is 0. The Morgan fingerprint density at radius 2 is 1.71 bits per heavy atom. The van der Waals surface area contributed by atoms with Gasteiger partial charge >= 0.3 is 0 Å². The van der Waals surface area contributed by atoms with Crippen molar-refractivity contribution >= 4 is 18.6 Å². The van der Waals surface area contributed by atoms with E-state index >= 15 is 0 Å². The van der Waals surface area contributed by atoms with E-state index < -0.39 is 8.24 Å². The highest BCUT2D eigenvalue weighted by atomic mass is 28.4. The van der Waals surface area contributed by atoms with Gasteiger partial charge in [-0.25, -0.2) is 0 Å². The maximum absolute atomic E-state index is 3.61. The Hall–Kier alpha value is 0.354. The van der Waals surface area contributed by atoms with Crippen LogP contribution in [-0.2, 0) is 0 Å². The van der Waals surface area contributed by atoms with Gasteiger partial charge in [-0.1, -0.05) is 33.7 Å². The molecule has 3 radical (unpaired) electrons. The van der Waals surface area contributed by atoms with Crippen LogP contribution in [0.2, 0.25) is 11.6 Å². The van der Waals surface area contributed by atoms with Crippen LogP contribution < -0.4 is 4.65 Å². The summed E-state index contributed by atoms with van der Waals surface area (Å²) in [6.45, 7) is 14.3. The average Bonchev–Trinajstić information content (AvgIpc) is 2.22. The molecule has 0 aromatic rings. The second-order valence-corrected chi connectivity index (χ2v) is 12.5. The molecule has 1 saturated heterocycles. The van der Waals surface area contributed by atoms with Crippen molar-refractivity contribution in [3.63, 3.8) is 0 Å². The van der Waals surface area contributed by atoms with Crippen LogP contribution in [0, 0.1) is 0 Å². The molecule has 1 N–H and O–H groups in total. The Kier molecular flexibility index (Phi) is 5.03. The normalized spacial score (nSPS) is 31.2. The van der Waals surface area contributed by atoms with E-state index in [0.29, 0.717) is 5.04 Å². The van der Waals surface area contributed by atoms with E-state index in [9.17, 15) is 0 Å². The molecule has 1 heterocycles. The lowest BCUT2D eigenvalue weighted by Gasteiger charge is -2.48. The number of piperidine rings is 1. The summed E-state index contributed by atoms with van der Waals surface area (Å²) >= 11 is 0. The summed E-state index contributed by atoms with van der Waals surface area (Å²) in [4.78, 5) is 2.73. The molecule has 0 saturated carbocycles. The molecular weight excluding hydrogens is 240 g/mol. The summed E-state index contributed by atoms with van der Waals surface area (Å²) < 4.78 is 3.51. The lowest BCUT2D eigenvalue weighted by Crippen LogP contribution is -2.64. The molecule has 3 atom stereocenters. The molecule has 99 valence electrons. The summed E-state index contributed by atoms with van der Waals surface area (Å²) in [7, 11) is 2.10. The maximum Gasteiger partial charge on any atom is 0.135 e. The molecule has 0 amide bonds. The monoisotopic (exact) mass is 269 g/mol. The van der Waals surface area contributed by atoms with Gasteiger partial charge in [0, 0.05) is 18.3 Å². The van der Waals surface area contributed by atoms with Crippen LogP contribution in [0.5, 0.6) is 0 Å². The summed E-state index contributed by atoms with van der Waals surface area (Å²) in [6.07, 6.45) is 5.36. The van der Waals surface area contributed by atoms with Crippen molar-refractivity contribution in [3.05, 3.63) is 0 Å². The quantitative estimate of drug-likeness (QED) is 0.793. The van der Waals surface area contributed by atoms with Crippen LogP contribution in [-0.4, -0.2) is 41.8 Å². The van der Waals surface area contributed by atoms with Gasteiger partial charge in [-0.05, 0) is 31.7 Å². The molecule has 3 unspecified atom stereocenters. The Bertz CT molecular complexity index is 242. The van der Waals surface area contributed by atoms with Gasteiger partial charge in [0.05, 0.1) is 0 Å².